The maximum atomic E-state index is 13.4. The predicted molar refractivity (Wildman–Crippen MR) is 335 cm³/mol. The molecule has 0 spiro atoms. The molecule has 10 N–H and O–H groups in total. The zero-order valence-electron chi connectivity index (χ0n) is 53.0. The van der Waals surface area contributed by atoms with Crippen LogP contribution in [0.4, 0.5) is 19.0 Å². The van der Waals surface area contributed by atoms with E-state index in [1.165, 1.54) is 91.3 Å². The van der Waals surface area contributed by atoms with Crippen LogP contribution in [0.25, 0.3) is 10.9 Å². The van der Waals surface area contributed by atoms with Gasteiger partial charge in [-0.3, -0.25) is 29.2 Å². The number of benzene rings is 1. The molecule has 4 aliphatic carbocycles. The fourth-order valence-corrected chi connectivity index (χ4v) is 10.4. The molecule has 2 aromatic heterocycles. The molecule has 86 heavy (non-hydrogen) atoms. The van der Waals surface area contributed by atoms with Crippen LogP contribution >= 0.6 is 0 Å². The maximum Gasteiger partial charge on any atom is 0.416 e. The number of alkyl halides is 3. The molecule has 3 aromatic rings. The van der Waals surface area contributed by atoms with Crippen molar-refractivity contribution in [3.05, 3.63) is 64.6 Å². The Bertz CT molecular complexity index is 2320. The molecular weight excluding hydrogens is 1110 g/mol. The molecule has 5 aliphatic rings. The number of carbonyl (C=O) groups excluding carboxylic acids is 5. The van der Waals surface area contributed by atoms with Gasteiger partial charge >= 0.3 is 6.18 Å². The van der Waals surface area contributed by atoms with Crippen LogP contribution in [0.15, 0.2) is 48.0 Å². The third kappa shape index (κ3) is 33.8. The molecule has 4 saturated carbocycles. The number of pyridine rings is 1. The highest BCUT2D eigenvalue weighted by Gasteiger charge is 2.37. The first-order valence-corrected chi connectivity index (χ1v) is 31.1. The standard InChI is InChI=1S/C25H31F3N4O.C11H16N2O.C10H19NO2.C7H12O.C4H11N.C3H8N2O2.C2H5NO.CH5N/c26-25(27,28)17-11-12-20-19(15-17)23(31-22(29-20)16-7-3-1-4-8-16)30-21-13-14-32(24(21)33)18-9-5-2-6-10-18;1-3-5-11(13(2)9-14)10-6-4-7-12-8-10;11-10(12)7-4-8-13-9-5-2-1-3-6-9;8-6-7-4-2-1-3-5-7;1-4(2,3)5;1-5(4-7)2-3-6;1-2(3)4;1-2/h11-12,15-16,18,21H,1-10,13-14H2,(H,29,30,31);4,6-9,11H,3,5H2,1-2H3;9H,1-8H2,(H2,11,12);6-7H,1-5H2;5H2,1-3H3;6H,2-3H2,1H3;1H3,(H2,3,4);2H2,1H3. The van der Waals surface area contributed by atoms with Gasteiger partial charge in [0.2, 0.25) is 24.1 Å². The molecule has 3 heterocycles. The lowest BCUT2D eigenvalue weighted by Gasteiger charge is -2.31. The Kier molecular flexibility index (Phi) is 40.4. The Labute approximate surface area is 510 Å². The molecule has 1 aromatic carbocycles. The minimum absolute atomic E-state index is 0. The number of nitrogens with two attached hydrogens (primary N) is 4. The minimum atomic E-state index is -4.45. The van der Waals surface area contributed by atoms with Crippen molar-refractivity contribution in [2.45, 2.75) is 237 Å². The van der Waals surface area contributed by atoms with Gasteiger partial charge in [0.15, 0.2) is 0 Å². The third-order valence-corrected chi connectivity index (χ3v) is 14.7. The van der Waals surface area contributed by atoms with Crippen molar-refractivity contribution in [2.24, 2.45) is 34.1 Å². The van der Waals surface area contributed by atoms with E-state index in [0.717, 1.165) is 119 Å². The lowest BCUT2D eigenvalue weighted by atomic mass is 9.88. The van der Waals surface area contributed by atoms with Crippen LogP contribution in [0.5, 0.6) is 0 Å². The van der Waals surface area contributed by atoms with Gasteiger partial charge in [0.05, 0.1) is 41.7 Å². The Morgan fingerprint density at radius 1 is 0.872 bits per heavy atom. The zero-order chi connectivity index (χ0) is 64.5. The number of halogens is 3. The molecule has 0 bridgehead atoms. The average molecular weight is 1220 g/mol. The van der Waals surface area contributed by atoms with Crippen molar-refractivity contribution < 1.29 is 47.0 Å². The third-order valence-electron chi connectivity index (χ3n) is 14.7. The van der Waals surface area contributed by atoms with Crippen LogP contribution < -0.4 is 28.3 Å². The van der Waals surface area contributed by atoms with Crippen molar-refractivity contribution >= 4 is 47.1 Å². The van der Waals surface area contributed by atoms with Crippen LogP contribution in [0.1, 0.15) is 224 Å². The molecule has 1 saturated heterocycles. The largest absolute Gasteiger partial charge is 0.416 e. The number of rotatable bonds is 18. The molecule has 1 aliphatic heterocycles. The second kappa shape index (κ2) is 44.5. The van der Waals surface area contributed by atoms with E-state index in [9.17, 15) is 42.1 Å². The number of nitroso groups, excluding NO2 is 1. The van der Waals surface area contributed by atoms with Crippen molar-refractivity contribution in [1.29, 1.82) is 0 Å². The first-order chi connectivity index (χ1) is 40.9. The number of hydrogen-bond acceptors (Lipinski definition) is 15. The Morgan fingerprint density at radius 3 is 1.90 bits per heavy atom. The van der Waals surface area contributed by atoms with E-state index in [4.69, 9.17) is 26.3 Å². The number of aliphatic hydroxyl groups excluding tert-OH is 1. The highest BCUT2D eigenvalue weighted by molar-refractivity contribution is 5.93. The van der Waals surface area contributed by atoms with E-state index in [2.05, 4.69) is 39.0 Å². The van der Waals surface area contributed by atoms with Gasteiger partial charge in [-0.05, 0) is 128 Å². The number of likely N-dealkylation sites (N-methyl/N-ethyl adjacent to an activating group) is 1. The molecule has 8 rings (SSSR count). The number of fused-ring (bicyclic) bond motifs is 1. The predicted octanol–water partition coefficient (Wildman–Crippen LogP) is 10.8. The van der Waals surface area contributed by atoms with E-state index in [1.807, 2.05) is 44.0 Å². The average Bonchev–Trinajstić information content (AvgIpc) is 1.71. The number of ether oxygens (including phenoxy) is 1. The summed E-state index contributed by atoms with van der Waals surface area (Å²) in [5.41, 5.74) is 20.2. The summed E-state index contributed by atoms with van der Waals surface area (Å²) >= 11 is 0. The fourth-order valence-electron chi connectivity index (χ4n) is 10.4. The first-order valence-electron chi connectivity index (χ1n) is 31.1. The van der Waals surface area contributed by atoms with Gasteiger partial charge in [-0.25, -0.2) is 9.97 Å². The second-order valence-corrected chi connectivity index (χ2v) is 23.6. The molecule has 2 atom stereocenters. The number of likely N-dealkylation sites (tertiary alicyclic amines) is 1. The number of hydrogen-bond donors (Lipinski definition) is 6. The van der Waals surface area contributed by atoms with E-state index in [1.54, 1.807) is 18.1 Å². The normalized spacial score (nSPS) is 17.7. The highest BCUT2D eigenvalue weighted by atomic mass is 19.4. The van der Waals surface area contributed by atoms with Crippen LogP contribution in [0, 0.1) is 10.8 Å². The Hall–Kier alpha value is -5.91. The van der Waals surface area contributed by atoms with Crippen molar-refractivity contribution in [1.82, 2.24) is 29.8 Å². The Balaban J connectivity index is 0.000000579. The molecule has 2 unspecified atom stereocenters. The summed E-state index contributed by atoms with van der Waals surface area (Å²) in [6.07, 6.45) is 28.9. The molecule has 20 nitrogen and oxygen atoms in total. The second-order valence-electron chi connectivity index (χ2n) is 23.6. The number of nitrogens with zero attached hydrogens (tertiary/aromatic N) is 7. The highest BCUT2D eigenvalue weighted by Crippen LogP contribution is 2.37. The van der Waals surface area contributed by atoms with E-state index < -0.39 is 17.8 Å². The lowest BCUT2D eigenvalue weighted by Crippen LogP contribution is -2.41. The van der Waals surface area contributed by atoms with Gasteiger partial charge in [-0.15, -0.1) is 4.91 Å². The lowest BCUT2D eigenvalue weighted by molar-refractivity contribution is -0.137. The van der Waals surface area contributed by atoms with Gasteiger partial charge in [0, 0.05) is 81.8 Å². The number of aromatic nitrogens is 3. The van der Waals surface area contributed by atoms with Crippen molar-refractivity contribution in [2.75, 3.05) is 52.8 Å². The summed E-state index contributed by atoms with van der Waals surface area (Å²) in [5.74, 6) is 1.13. The first kappa shape index (κ1) is 78.1. The van der Waals surface area contributed by atoms with Crippen LogP contribution in [-0.4, -0.2) is 136 Å². The van der Waals surface area contributed by atoms with Gasteiger partial charge in [-0.1, -0.05) is 96.5 Å². The van der Waals surface area contributed by atoms with Crippen LogP contribution in [0.3, 0.4) is 0 Å². The molecule has 488 valence electrons. The molecule has 5 fully saturated rings. The molecular formula is C63H107F3N12O8. The monoisotopic (exact) mass is 1220 g/mol. The summed E-state index contributed by atoms with van der Waals surface area (Å²) in [7, 11) is 4.81. The molecule has 0 radical (unpaired) electrons. The number of aldehydes is 1. The maximum absolute atomic E-state index is 13.4. The number of primary amides is 2. The van der Waals surface area contributed by atoms with Gasteiger partial charge in [0.1, 0.15) is 24.0 Å². The number of aliphatic hydroxyl groups is 1. The topological polar surface area (TPSA) is 309 Å². The number of nitrogens with one attached hydrogen (secondary N) is 1. The van der Waals surface area contributed by atoms with Crippen molar-refractivity contribution in [3.8, 4) is 0 Å². The minimum Gasteiger partial charge on any atom is -0.394 e. The summed E-state index contributed by atoms with van der Waals surface area (Å²) in [6, 6.07) is 7.52. The van der Waals surface area contributed by atoms with E-state index in [0.29, 0.717) is 67.1 Å². The summed E-state index contributed by atoms with van der Waals surface area (Å²) in [5, 5.41) is 15.3. The Morgan fingerprint density at radius 2 is 1.43 bits per heavy atom. The smallest absolute Gasteiger partial charge is 0.394 e. The van der Waals surface area contributed by atoms with Crippen LogP contribution in [-0.2, 0) is 34.9 Å². The van der Waals surface area contributed by atoms with Gasteiger partial charge in [-0.2, -0.15) is 13.2 Å². The van der Waals surface area contributed by atoms with Crippen LogP contribution in [0.2, 0.25) is 0 Å². The van der Waals surface area contributed by atoms with Gasteiger partial charge < -0.3 is 52.7 Å². The summed E-state index contributed by atoms with van der Waals surface area (Å²) in [6.45, 7) is 11.0. The summed E-state index contributed by atoms with van der Waals surface area (Å²) in [4.78, 5) is 80.3. The fraction of sp³-hybridized carbons (Fsp3) is 0.714. The molecule has 4 amide bonds. The number of anilines is 1. The summed E-state index contributed by atoms with van der Waals surface area (Å²) < 4.78 is 45.9. The van der Waals surface area contributed by atoms with E-state index >= 15 is 0 Å². The quantitative estimate of drug-likeness (QED) is 0.0298. The zero-order valence-corrected chi connectivity index (χ0v) is 53.0. The van der Waals surface area contributed by atoms with Gasteiger partial charge in [0.25, 0.3) is 0 Å². The van der Waals surface area contributed by atoms with Crippen molar-refractivity contribution in [3.63, 3.8) is 0 Å². The molecule has 23 heteroatoms. The van der Waals surface area contributed by atoms with E-state index in [-0.39, 0.29) is 47.9 Å². The number of carbonyl (C=O) groups is 5. The SMILES string of the molecule is CC(C)(C)N.CC(N)=O.CCCC(c1cccnc1)N(C)C=O.CN.CN(CCO)N=O.NC(=O)CCCOC1CCCCC1.O=C1C(Nc2nc(C3CCCCC3)nc3ccc(C(F)(F)F)cc23)CCN1C1CCCCC1.O=CC1CCCCC1. The number of amides is 4.